The quantitative estimate of drug-likeness (QED) is 0.839. The molecule has 2 rings (SSSR count). The lowest BCUT2D eigenvalue weighted by Gasteiger charge is -2.39. The maximum absolute atomic E-state index is 13.7. The van der Waals surface area contributed by atoms with Crippen LogP contribution >= 0.6 is 0 Å². The molecule has 0 saturated carbocycles. The van der Waals surface area contributed by atoms with Gasteiger partial charge < -0.3 is 9.80 Å². The predicted molar refractivity (Wildman–Crippen MR) is 79.5 cm³/mol. The van der Waals surface area contributed by atoms with Crippen molar-refractivity contribution in [1.82, 2.24) is 4.90 Å². The molecule has 0 spiro atoms. The number of anilines is 1. The highest BCUT2D eigenvalue weighted by Crippen LogP contribution is 2.23. The fourth-order valence-electron chi connectivity index (χ4n) is 2.51. The molecule has 0 aromatic heterocycles. The Labute approximate surface area is 124 Å². The SMILES string of the molecule is Cc1ccc(N2CCN(C(=O)C(C)C)C(C)C2=O)cc1F. The van der Waals surface area contributed by atoms with Crippen LogP contribution in [0.4, 0.5) is 10.1 Å². The first kappa shape index (κ1) is 15.5. The third kappa shape index (κ3) is 2.91. The van der Waals surface area contributed by atoms with Gasteiger partial charge in [-0.25, -0.2) is 4.39 Å². The minimum absolute atomic E-state index is 0.0226. The van der Waals surface area contributed by atoms with Gasteiger partial charge in [0.05, 0.1) is 0 Å². The van der Waals surface area contributed by atoms with Crippen molar-refractivity contribution in [2.75, 3.05) is 18.0 Å². The van der Waals surface area contributed by atoms with Gasteiger partial charge in [-0.2, -0.15) is 0 Å². The first-order valence-corrected chi connectivity index (χ1v) is 7.21. The number of hydrogen-bond acceptors (Lipinski definition) is 2. The number of aryl methyl sites for hydroxylation is 1. The van der Waals surface area contributed by atoms with E-state index in [-0.39, 0.29) is 23.5 Å². The maximum atomic E-state index is 13.7. The Hall–Kier alpha value is -1.91. The van der Waals surface area contributed by atoms with Crippen molar-refractivity contribution < 1.29 is 14.0 Å². The van der Waals surface area contributed by atoms with Crippen LogP contribution in [0.2, 0.25) is 0 Å². The van der Waals surface area contributed by atoms with Crippen LogP contribution in [0, 0.1) is 18.7 Å². The van der Waals surface area contributed by atoms with E-state index in [4.69, 9.17) is 0 Å². The summed E-state index contributed by atoms with van der Waals surface area (Å²) in [6, 6.07) is 4.26. The van der Waals surface area contributed by atoms with Crippen LogP contribution < -0.4 is 4.90 Å². The molecule has 1 aliphatic rings. The van der Waals surface area contributed by atoms with E-state index in [0.717, 1.165) is 0 Å². The van der Waals surface area contributed by atoms with E-state index in [1.807, 2.05) is 13.8 Å². The Kier molecular flexibility index (Phi) is 4.30. The fourth-order valence-corrected chi connectivity index (χ4v) is 2.51. The lowest BCUT2D eigenvalue weighted by Crippen LogP contribution is -2.58. The molecule has 0 radical (unpaired) electrons. The molecule has 21 heavy (non-hydrogen) atoms. The summed E-state index contributed by atoms with van der Waals surface area (Å²) in [4.78, 5) is 27.7. The lowest BCUT2D eigenvalue weighted by atomic mass is 10.1. The summed E-state index contributed by atoms with van der Waals surface area (Å²) in [5.41, 5.74) is 1.10. The van der Waals surface area contributed by atoms with E-state index < -0.39 is 6.04 Å². The minimum Gasteiger partial charge on any atom is -0.329 e. The highest BCUT2D eigenvalue weighted by Gasteiger charge is 2.35. The van der Waals surface area contributed by atoms with Crippen LogP contribution in [0.25, 0.3) is 0 Å². The van der Waals surface area contributed by atoms with Crippen LogP contribution in [0.1, 0.15) is 26.3 Å². The van der Waals surface area contributed by atoms with Crippen molar-refractivity contribution in [2.45, 2.75) is 33.7 Å². The molecule has 4 nitrogen and oxygen atoms in total. The van der Waals surface area contributed by atoms with Gasteiger partial charge in [-0.15, -0.1) is 0 Å². The molecule has 1 fully saturated rings. The summed E-state index contributed by atoms with van der Waals surface area (Å²) in [6.07, 6.45) is 0. The molecule has 1 saturated heterocycles. The number of benzene rings is 1. The Bertz CT molecular complexity index is 571. The average Bonchev–Trinajstić information content (AvgIpc) is 2.44. The molecule has 2 amide bonds. The van der Waals surface area contributed by atoms with Crippen molar-refractivity contribution in [3.8, 4) is 0 Å². The van der Waals surface area contributed by atoms with Gasteiger partial charge in [0.25, 0.3) is 0 Å². The first-order chi connectivity index (χ1) is 9.82. The Balaban J connectivity index is 2.21. The number of carbonyl (C=O) groups excluding carboxylic acids is 2. The van der Waals surface area contributed by atoms with Crippen LogP contribution in [0.15, 0.2) is 18.2 Å². The fraction of sp³-hybridized carbons (Fsp3) is 0.500. The molecular weight excluding hydrogens is 271 g/mol. The van der Waals surface area contributed by atoms with Crippen LogP contribution in [-0.2, 0) is 9.59 Å². The van der Waals surface area contributed by atoms with Crippen molar-refractivity contribution in [3.63, 3.8) is 0 Å². The van der Waals surface area contributed by atoms with Gasteiger partial charge in [0.2, 0.25) is 11.8 Å². The van der Waals surface area contributed by atoms with Crippen molar-refractivity contribution in [2.24, 2.45) is 5.92 Å². The van der Waals surface area contributed by atoms with Crippen LogP contribution in [0.5, 0.6) is 0 Å². The van der Waals surface area contributed by atoms with E-state index >= 15 is 0 Å². The smallest absolute Gasteiger partial charge is 0.249 e. The molecule has 1 unspecified atom stereocenters. The second kappa shape index (κ2) is 5.84. The van der Waals surface area contributed by atoms with E-state index in [1.165, 1.54) is 6.07 Å². The Morgan fingerprint density at radius 2 is 2.00 bits per heavy atom. The summed E-state index contributed by atoms with van der Waals surface area (Å²) in [7, 11) is 0. The van der Waals surface area contributed by atoms with E-state index in [1.54, 1.807) is 35.8 Å². The summed E-state index contributed by atoms with van der Waals surface area (Å²) in [5.74, 6) is -0.652. The second-order valence-corrected chi connectivity index (χ2v) is 5.79. The van der Waals surface area contributed by atoms with E-state index in [9.17, 15) is 14.0 Å². The third-order valence-electron chi connectivity index (χ3n) is 3.90. The standard InChI is InChI=1S/C16H21FN2O2/c1-10(2)15(20)18-7-8-19(16(21)12(18)4)13-6-5-11(3)14(17)9-13/h5-6,9-10,12H,7-8H2,1-4H3. The zero-order chi connectivity index (χ0) is 15.7. The zero-order valence-electron chi connectivity index (χ0n) is 12.9. The molecule has 0 N–H and O–H groups in total. The third-order valence-corrected chi connectivity index (χ3v) is 3.90. The Morgan fingerprint density at radius 3 is 2.57 bits per heavy atom. The molecule has 1 atom stereocenters. The molecule has 1 aromatic carbocycles. The number of piperazine rings is 1. The average molecular weight is 292 g/mol. The number of amides is 2. The van der Waals surface area contributed by atoms with Gasteiger partial charge >= 0.3 is 0 Å². The lowest BCUT2D eigenvalue weighted by molar-refractivity contribution is -0.143. The van der Waals surface area contributed by atoms with Crippen LogP contribution in [0.3, 0.4) is 0 Å². The molecule has 1 aromatic rings. The largest absolute Gasteiger partial charge is 0.329 e. The van der Waals surface area contributed by atoms with Crippen molar-refractivity contribution in [1.29, 1.82) is 0 Å². The molecule has 0 aliphatic carbocycles. The number of halogens is 1. The highest BCUT2D eigenvalue weighted by molar-refractivity contribution is 6.00. The number of carbonyl (C=O) groups is 2. The van der Waals surface area contributed by atoms with E-state index in [2.05, 4.69) is 0 Å². The van der Waals surface area contributed by atoms with Gasteiger partial charge in [-0.05, 0) is 31.5 Å². The van der Waals surface area contributed by atoms with Crippen molar-refractivity contribution >= 4 is 17.5 Å². The second-order valence-electron chi connectivity index (χ2n) is 5.79. The molecule has 5 heteroatoms. The molecular formula is C16H21FN2O2. The summed E-state index contributed by atoms with van der Waals surface area (Å²) in [6.45, 7) is 7.91. The predicted octanol–water partition coefficient (Wildman–Crippen LogP) is 2.35. The van der Waals surface area contributed by atoms with Gasteiger partial charge in [0.1, 0.15) is 11.9 Å². The number of rotatable bonds is 2. The molecule has 1 heterocycles. The van der Waals surface area contributed by atoms with Gasteiger partial charge in [-0.3, -0.25) is 9.59 Å². The van der Waals surface area contributed by atoms with Gasteiger partial charge in [0.15, 0.2) is 0 Å². The van der Waals surface area contributed by atoms with Crippen molar-refractivity contribution in [3.05, 3.63) is 29.6 Å². The first-order valence-electron chi connectivity index (χ1n) is 7.21. The highest BCUT2D eigenvalue weighted by atomic mass is 19.1. The zero-order valence-corrected chi connectivity index (χ0v) is 12.9. The summed E-state index contributed by atoms with van der Waals surface area (Å²) >= 11 is 0. The topological polar surface area (TPSA) is 40.6 Å². The maximum Gasteiger partial charge on any atom is 0.249 e. The molecule has 1 aliphatic heterocycles. The number of hydrogen-bond donors (Lipinski definition) is 0. The number of nitrogens with zero attached hydrogens (tertiary/aromatic N) is 2. The van der Waals surface area contributed by atoms with Gasteiger partial charge in [-0.1, -0.05) is 19.9 Å². The normalized spacial score (nSPS) is 19.3. The molecule has 114 valence electrons. The Morgan fingerprint density at radius 1 is 1.33 bits per heavy atom. The summed E-state index contributed by atoms with van der Waals surface area (Å²) in [5, 5.41) is 0. The van der Waals surface area contributed by atoms with Gasteiger partial charge in [0, 0.05) is 24.7 Å². The molecule has 0 bridgehead atoms. The van der Waals surface area contributed by atoms with Crippen LogP contribution in [-0.4, -0.2) is 35.8 Å². The minimum atomic E-state index is -0.516. The monoisotopic (exact) mass is 292 g/mol. The summed E-state index contributed by atoms with van der Waals surface area (Å²) < 4.78 is 13.7. The van der Waals surface area contributed by atoms with E-state index in [0.29, 0.717) is 24.3 Å².